The summed E-state index contributed by atoms with van der Waals surface area (Å²) in [6.07, 6.45) is 0. The molecular formula is C19H19ClN2O3. The maximum atomic E-state index is 11.9. The van der Waals surface area contributed by atoms with Crippen LogP contribution in [0.4, 0.5) is 10.5 Å². The maximum Gasteiger partial charge on any atom is 0.320 e. The van der Waals surface area contributed by atoms with E-state index in [0.717, 1.165) is 11.3 Å². The Morgan fingerprint density at radius 3 is 2.72 bits per heavy atom. The Morgan fingerprint density at radius 2 is 1.96 bits per heavy atom. The third kappa shape index (κ3) is 5.94. The van der Waals surface area contributed by atoms with E-state index in [9.17, 15) is 4.79 Å². The summed E-state index contributed by atoms with van der Waals surface area (Å²) < 4.78 is 10.7. The topological polar surface area (TPSA) is 59.6 Å². The minimum absolute atomic E-state index is 0.200. The zero-order valence-electron chi connectivity index (χ0n) is 14.1. The average Bonchev–Trinajstić information content (AvgIpc) is 2.59. The molecular weight excluding hydrogens is 340 g/mol. The van der Waals surface area contributed by atoms with Crippen molar-refractivity contribution in [2.75, 3.05) is 25.6 Å². The molecule has 0 fully saturated rings. The van der Waals surface area contributed by atoms with Gasteiger partial charge >= 0.3 is 6.03 Å². The van der Waals surface area contributed by atoms with E-state index in [2.05, 4.69) is 22.5 Å². The van der Waals surface area contributed by atoms with Crippen molar-refractivity contribution in [3.63, 3.8) is 0 Å². The van der Waals surface area contributed by atoms with Crippen molar-refractivity contribution >= 4 is 23.3 Å². The molecule has 0 saturated carbocycles. The number of benzene rings is 2. The van der Waals surface area contributed by atoms with Crippen LogP contribution in [0.5, 0.6) is 11.5 Å². The highest BCUT2D eigenvalue weighted by molar-refractivity contribution is 6.31. The molecule has 2 aromatic rings. The Hall–Kier alpha value is -2.84. The van der Waals surface area contributed by atoms with E-state index in [1.165, 1.54) is 7.11 Å². The van der Waals surface area contributed by atoms with Crippen molar-refractivity contribution in [2.24, 2.45) is 0 Å². The highest BCUT2D eigenvalue weighted by atomic mass is 35.5. The smallest absolute Gasteiger partial charge is 0.320 e. The Morgan fingerprint density at radius 1 is 1.16 bits per heavy atom. The molecule has 0 spiro atoms. The molecule has 0 radical (unpaired) electrons. The van der Waals surface area contributed by atoms with Crippen molar-refractivity contribution in [3.05, 3.63) is 53.1 Å². The van der Waals surface area contributed by atoms with Gasteiger partial charge in [-0.05, 0) is 36.8 Å². The molecule has 0 aliphatic rings. The average molecular weight is 359 g/mol. The van der Waals surface area contributed by atoms with Gasteiger partial charge in [-0.25, -0.2) is 4.79 Å². The molecule has 0 aliphatic heterocycles. The lowest BCUT2D eigenvalue weighted by molar-refractivity contribution is 0.253. The number of methoxy groups -OCH3 is 1. The number of nitrogens with one attached hydrogen (secondary N) is 2. The number of carbonyl (C=O) groups is 1. The second kappa shape index (κ2) is 9.45. The highest BCUT2D eigenvalue weighted by Gasteiger charge is 2.07. The van der Waals surface area contributed by atoms with E-state index in [0.29, 0.717) is 16.5 Å². The van der Waals surface area contributed by atoms with Crippen LogP contribution in [-0.4, -0.2) is 26.3 Å². The first kappa shape index (κ1) is 18.5. The molecule has 5 nitrogen and oxygen atoms in total. The van der Waals surface area contributed by atoms with E-state index in [-0.39, 0.29) is 13.2 Å². The number of hydrogen-bond acceptors (Lipinski definition) is 3. The standard InChI is InChI=1S/C19H19ClN2O3/c1-14-7-3-4-8-17(14)25-12-6-5-11-21-19(23)22-16-13-15(20)9-10-18(16)24-2/h3-4,7-10,13H,11-12H2,1-2H3,(H2,21,22,23). The van der Waals surface area contributed by atoms with Crippen LogP contribution in [0.1, 0.15) is 5.56 Å². The van der Waals surface area contributed by atoms with Gasteiger partial charge in [0.1, 0.15) is 18.1 Å². The van der Waals surface area contributed by atoms with Crippen LogP contribution in [0, 0.1) is 18.8 Å². The summed E-state index contributed by atoms with van der Waals surface area (Å²) in [6.45, 7) is 2.43. The number of para-hydroxylation sites is 1. The van der Waals surface area contributed by atoms with Gasteiger partial charge in [-0.1, -0.05) is 41.6 Å². The third-order valence-electron chi connectivity index (χ3n) is 3.27. The molecule has 0 aliphatic carbocycles. The zero-order chi connectivity index (χ0) is 18.1. The lowest BCUT2D eigenvalue weighted by Gasteiger charge is -2.10. The molecule has 2 rings (SSSR count). The van der Waals surface area contributed by atoms with Gasteiger partial charge in [-0.15, -0.1) is 0 Å². The predicted molar refractivity (Wildman–Crippen MR) is 99.5 cm³/mol. The molecule has 0 aromatic heterocycles. The summed E-state index contributed by atoms with van der Waals surface area (Å²) in [7, 11) is 1.52. The van der Waals surface area contributed by atoms with Crippen molar-refractivity contribution < 1.29 is 14.3 Å². The van der Waals surface area contributed by atoms with Gasteiger partial charge in [0.25, 0.3) is 0 Å². The second-order valence-electron chi connectivity index (χ2n) is 5.06. The molecule has 2 N–H and O–H groups in total. The molecule has 25 heavy (non-hydrogen) atoms. The van der Waals surface area contributed by atoms with Crippen LogP contribution in [0.15, 0.2) is 42.5 Å². The molecule has 0 saturated heterocycles. The molecule has 0 unspecified atom stereocenters. The number of halogens is 1. The van der Waals surface area contributed by atoms with E-state index >= 15 is 0 Å². The normalized spacial score (nSPS) is 9.56. The number of urea groups is 1. The fourth-order valence-corrected chi connectivity index (χ4v) is 2.19. The fraction of sp³-hybridized carbons (Fsp3) is 0.211. The summed E-state index contributed by atoms with van der Waals surface area (Å²) in [5.74, 6) is 7.01. The van der Waals surface area contributed by atoms with E-state index in [1.807, 2.05) is 31.2 Å². The molecule has 2 aromatic carbocycles. The summed E-state index contributed by atoms with van der Waals surface area (Å²) in [5, 5.41) is 5.81. The number of aryl methyl sites for hydroxylation is 1. The molecule has 6 heteroatoms. The van der Waals surface area contributed by atoms with Crippen LogP contribution >= 0.6 is 11.6 Å². The van der Waals surface area contributed by atoms with Crippen LogP contribution in [-0.2, 0) is 0 Å². The van der Waals surface area contributed by atoms with Gasteiger partial charge in [0, 0.05) is 5.02 Å². The predicted octanol–water partition coefficient (Wildman–Crippen LogP) is 3.86. The summed E-state index contributed by atoms with van der Waals surface area (Å²) in [4.78, 5) is 11.9. The van der Waals surface area contributed by atoms with Gasteiger partial charge in [-0.2, -0.15) is 0 Å². The van der Waals surface area contributed by atoms with Crippen LogP contribution < -0.4 is 20.1 Å². The number of rotatable bonds is 5. The summed E-state index contributed by atoms with van der Waals surface area (Å²) in [5.41, 5.74) is 1.54. The Bertz CT molecular complexity index is 797. The number of carbonyl (C=O) groups excluding carboxylic acids is 1. The molecule has 0 bridgehead atoms. The third-order valence-corrected chi connectivity index (χ3v) is 3.50. The minimum atomic E-state index is -0.394. The number of amides is 2. The SMILES string of the molecule is COc1ccc(Cl)cc1NC(=O)NCC#CCOc1ccccc1C. The molecule has 0 heterocycles. The van der Waals surface area contributed by atoms with E-state index in [1.54, 1.807) is 18.2 Å². The maximum absolute atomic E-state index is 11.9. The lowest BCUT2D eigenvalue weighted by Crippen LogP contribution is -2.29. The van der Waals surface area contributed by atoms with Crippen LogP contribution in [0.3, 0.4) is 0 Å². The summed E-state index contributed by atoms with van der Waals surface area (Å²) in [6, 6.07) is 12.3. The van der Waals surface area contributed by atoms with Gasteiger partial charge in [0.05, 0.1) is 19.3 Å². The molecule has 2 amide bonds. The first-order valence-electron chi connectivity index (χ1n) is 7.62. The highest BCUT2D eigenvalue weighted by Crippen LogP contribution is 2.27. The first-order chi connectivity index (χ1) is 12.1. The fourth-order valence-electron chi connectivity index (χ4n) is 2.01. The van der Waals surface area contributed by atoms with Gasteiger partial charge in [0.15, 0.2) is 0 Å². The van der Waals surface area contributed by atoms with Crippen molar-refractivity contribution in [1.82, 2.24) is 5.32 Å². The Labute approximate surface area is 152 Å². The Balaban J connectivity index is 1.76. The summed E-state index contributed by atoms with van der Waals surface area (Å²) >= 11 is 5.92. The van der Waals surface area contributed by atoms with E-state index < -0.39 is 6.03 Å². The van der Waals surface area contributed by atoms with Crippen molar-refractivity contribution in [1.29, 1.82) is 0 Å². The van der Waals surface area contributed by atoms with Crippen molar-refractivity contribution in [3.8, 4) is 23.3 Å². The largest absolute Gasteiger partial charge is 0.495 e. The molecule has 130 valence electrons. The lowest BCUT2D eigenvalue weighted by atomic mass is 10.2. The minimum Gasteiger partial charge on any atom is -0.495 e. The van der Waals surface area contributed by atoms with Crippen molar-refractivity contribution in [2.45, 2.75) is 6.92 Å². The second-order valence-corrected chi connectivity index (χ2v) is 5.50. The van der Waals surface area contributed by atoms with Crippen LogP contribution in [0.2, 0.25) is 5.02 Å². The van der Waals surface area contributed by atoms with Gasteiger partial charge < -0.3 is 20.1 Å². The van der Waals surface area contributed by atoms with Crippen LogP contribution in [0.25, 0.3) is 0 Å². The number of ether oxygens (including phenoxy) is 2. The first-order valence-corrected chi connectivity index (χ1v) is 8.00. The van der Waals surface area contributed by atoms with Gasteiger partial charge in [0.2, 0.25) is 0 Å². The van der Waals surface area contributed by atoms with Gasteiger partial charge in [-0.3, -0.25) is 0 Å². The monoisotopic (exact) mass is 358 g/mol. The number of hydrogen-bond donors (Lipinski definition) is 2. The quantitative estimate of drug-likeness (QED) is 0.798. The van der Waals surface area contributed by atoms with E-state index in [4.69, 9.17) is 21.1 Å². The zero-order valence-corrected chi connectivity index (χ0v) is 14.8. The molecule has 0 atom stereocenters. The number of anilines is 1. The Kier molecular flexibility index (Phi) is 7.00.